The van der Waals surface area contributed by atoms with Gasteiger partial charge in [-0.05, 0) is 37.7 Å². The zero-order chi connectivity index (χ0) is 12.1. The van der Waals surface area contributed by atoms with Gasteiger partial charge in [0.15, 0.2) is 0 Å². The monoisotopic (exact) mass is 234 g/mol. The summed E-state index contributed by atoms with van der Waals surface area (Å²) in [5.74, 6) is 0. The number of benzene rings is 1. The topological polar surface area (TPSA) is 29.5 Å². The van der Waals surface area contributed by atoms with E-state index >= 15 is 0 Å². The van der Waals surface area contributed by atoms with Gasteiger partial charge >= 0.3 is 0 Å². The maximum absolute atomic E-state index is 10.6. The number of ether oxygens (including phenoxy) is 1. The lowest BCUT2D eigenvalue weighted by Crippen LogP contribution is -2.38. The summed E-state index contributed by atoms with van der Waals surface area (Å²) in [7, 11) is 1.74. The molecule has 2 atom stereocenters. The van der Waals surface area contributed by atoms with Crippen LogP contribution in [0.15, 0.2) is 30.3 Å². The third-order valence-electron chi connectivity index (χ3n) is 3.83. The summed E-state index contributed by atoms with van der Waals surface area (Å²) in [5, 5.41) is 10.6. The van der Waals surface area contributed by atoms with Crippen LogP contribution >= 0.6 is 0 Å². The summed E-state index contributed by atoms with van der Waals surface area (Å²) in [6.07, 6.45) is 5.90. The normalized spacial score (nSPS) is 29.2. The van der Waals surface area contributed by atoms with E-state index < -0.39 is 5.60 Å². The molecule has 1 fully saturated rings. The molecule has 0 radical (unpaired) electrons. The molecule has 1 saturated carbocycles. The van der Waals surface area contributed by atoms with Gasteiger partial charge in [-0.15, -0.1) is 0 Å². The van der Waals surface area contributed by atoms with Gasteiger partial charge < -0.3 is 9.84 Å². The molecule has 94 valence electrons. The Hall–Kier alpha value is -0.860. The van der Waals surface area contributed by atoms with E-state index in [4.69, 9.17) is 4.74 Å². The standard InChI is InChI=1S/C15H22O2/c1-17-14-8-5-10-15(16,12-14)11-9-13-6-3-2-4-7-13/h2-4,6-7,14,16H,5,8-12H2,1H3. The first-order chi connectivity index (χ1) is 8.22. The van der Waals surface area contributed by atoms with Gasteiger partial charge in [0.1, 0.15) is 0 Å². The minimum absolute atomic E-state index is 0.240. The molecule has 1 aromatic carbocycles. The number of aryl methyl sites for hydroxylation is 1. The van der Waals surface area contributed by atoms with Gasteiger partial charge in [-0.1, -0.05) is 30.3 Å². The summed E-state index contributed by atoms with van der Waals surface area (Å²) in [5.41, 5.74) is 0.787. The molecule has 0 aromatic heterocycles. The maximum atomic E-state index is 10.6. The van der Waals surface area contributed by atoms with E-state index in [-0.39, 0.29) is 6.10 Å². The first kappa shape index (κ1) is 12.6. The summed E-state index contributed by atoms with van der Waals surface area (Å²) < 4.78 is 5.38. The largest absolute Gasteiger partial charge is 0.390 e. The molecule has 2 nitrogen and oxygen atoms in total. The van der Waals surface area contributed by atoms with Gasteiger partial charge in [0.2, 0.25) is 0 Å². The van der Waals surface area contributed by atoms with Crippen LogP contribution in [0, 0.1) is 0 Å². The van der Waals surface area contributed by atoms with E-state index in [2.05, 4.69) is 24.3 Å². The molecular weight excluding hydrogens is 212 g/mol. The highest BCUT2D eigenvalue weighted by atomic mass is 16.5. The molecule has 2 rings (SSSR count). The molecular formula is C15H22O2. The molecule has 1 aromatic rings. The van der Waals surface area contributed by atoms with Crippen LogP contribution in [-0.4, -0.2) is 23.9 Å². The summed E-state index contributed by atoms with van der Waals surface area (Å²) in [6.45, 7) is 0. The van der Waals surface area contributed by atoms with Crippen LogP contribution in [0.5, 0.6) is 0 Å². The minimum atomic E-state index is -0.519. The summed E-state index contributed by atoms with van der Waals surface area (Å²) in [4.78, 5) is 0. The fourth-order valence-corrected chi connectivity index (χ4v) is 2.74. The smallest absolute Gasteiger partial charge is 0.0675 e. The fraction of sp³-hybridized carbons (Fsp3) is 0.600. The van der Waals surface area contributed by atoms with Crippen LogP contribution < -0.4 is 0 Å². The second-order valence-electron chi connectivity index (χ2n) is 5.16. The molecule has 17 heavy (non-hydrogen) atoms. The summed E-state index contributed by atoms with van der Waals surface area (Å²) >= 11 is 0. The zero-order valence-corrected chi connectivity index (χ0v) is 10.6. The van der Waals surface area contributed by atoms with Crippen molar-refractivity contribution in [2.45, 2.75) is 50.2 Å². The number of hydrogen-bond acceptors (Lipinski definition) is 2. The van der Waals surface area contributed by atoms with E-state index in [0.29, 0.717) is 0 Å². The van der Waals surface area contributed by atoms with Crippen LogP contribution in [0.2, 0.25) is 0 Å². The lowest BCUT2D eigenvalue weighted by Gasteiger charge is -2.36. The Morgan fingerprint density at radius 3 is 2.82 bits per heavy atom. The molecule has 0 spiro atoms. The van der Waals surface area contributed by atoms with E-state index in [1.807, 2.05) is 6.07 Å². The Bertz CT molecular complexity index is 336. The Morgan fingerprint density at radius 2 is 2.12 bits per heavy atom. The molecule has 2 heteroatoms. The first-order valence-electron chi connectivity index (χ1n) is 6.51. The van der Waals surface area contributed by atoms with Crippen molar-refractivity contribution in [3.8, 4) is 0 Å². The molecule has 0 aliphatic heterocycles. The highest BCUT2D eigenvalue weighted by Crippen LogP contribution is 2.33. The fourth-order valence-electron chi connectivity index (χ4n) is 2.74. The van der Waals surface area contributed by atoms with Gasteiger partial charge in [-0.25, -0.2) is 0 Å². The van der Waals surface area contributed by atoms with Gasteiger partial charge in [0.05, 0.1) is 11.7 Å². The van der Waals surface area contributed by atoms with Gasteiger partial charge in [-0.2, -0.15) is 0 Å². The van der Waals surface area contributed by atoms with Crippen molar-refractivity contribution in [1.29, 1.82) is 0 Å². The van der Waals surface area contributed by atoms with Crippen LogP contribution in [-0.2, 0) is 11.2 Å². The van der Waals surface area contributed by atoms with Crippen molar-refractivity contribution in [1.82, 2.24) is 0 Å². The third-order valence-corrected chi connectivity index (χ3v) is 3.83. The lowest BCUT2D eigenvalue weighted by molar-refractivity contribution is -0.0630. The Morgan fingerprint density at radius 1 is 1.35 bits per heavy atom. The number of rotatable bonds is 4. The van der Waals surface area contributed by atoms with Crippen molar-refractivity contribution in [3.05, 3.63) is 35.9 Å². The highest BCUT2D eigenvalue weighted by Gasteiger charge is 2.33. The van der Waals surface area contributed by atoms with E-state index in [1.54, 1.807) is 7.11 Å². The highest BCUT2D eigenvalue weighted by molar-refractivity contribution is 5.15. The van der Waals surface area contributed by atoms with Crippen molar-refractivity contribution in [3.63, 3.8) is 0 Å². The van der Waals surface area contributed by atoms with Gasteiger partial charge in [-0.3, -0.25) is 0 Å². The van der Waals surface area contributed by atoms with Crippen LogP contribution in [0.1, 0.15) is 37.7 Å². The maximum Gasteiger partial charge on any atom is 0.0675 e. The predicted octanol–water partition coefficient (Wildman–Crippen LogP) is 2.94. The van der Waals surface area contributed by atoms with Crippen molar-refractivity contribution >= 4 is 0 Å². The molecule has 0 saturated heterocycles. The van der Waals surface area contributed by atoms with Crippen LogP contribution in [0.4, 0.5) is 0 Å². The van der Waals surface area contributed by atoms with E-state index in [1.165, 1.54) is 5.56 Å². The number of methoxy groups -OCH3 is 1. The van der Waals surface area contributed by atoms with Crippen molar-refractivity contribution in [2.24, 2.45) is 0 Å². The molecule has 1 aliphatic rings. The van der Waals surface area contributed by atoms with Gasteiger partial charge in [0.25, 0.3) is 0 Å². The number of hydrogen-bond donors (Lipinski definition) is 1. The third kappa shape index (κ3) is 3.55. The lowest BCUT2D eigenvalue weighted by atomic mass is 9.79. The molecule has 1 aliphatic carbocycles. The molecule has 0 amide bonds. The SMILES string of the molecule is COC1CCCC(O)(CCc2ccccc2)C1. The zero-order valence-electron chi connectivity index (χ0n) is 10.6. The van der Waals surface area contributed by atoms with Crippen molar-refractivity contribution < 1.29 is 9.84 Å². The molecule has 2 unspecified atom stereocenters. The first-order valence-corrected chi connectivity index (χ1v) is 6.51. The van der Waals surface area contributed by atoms with Crippen LogP contribution in [0.3, 0.4) is 0 Å². The summed E-state index contributed by atoms with van der Waals surface area (Å²) in [6, 6.07) is 10.4. The van der Waals surface area contributed by atoms with E-state index in [0.717, 1.165) is 38.5 Å². The molecule has 0 bridgehead atoms. The Balaban J connectivity index is 1.89. The quantitative estimate of drug-likeness (QED) is 0.868. The van der Waals surface area contributed by atoms with Crippen molar-refractivity contribution in [2.75, 3.05) is 7.11 Å². The predicted molar refractivity (Wildman–Crippen MR) is 69.0 cm³/mol. The Kier molecular flexibility index (Phi) is 4.19. The minimum Gasteiger partial charge on any atom is -0.390 e. The van der Waals surface area contributed by atoms with Gasteiger partial charge in [0, 0.05) is 13.5 Å². The molecule has 0 heterocycles. The average molecular weight is 234 g/mol. The average Bonchev–Trinajstić information content (AvgIpc) is 2.38. The second-order valence-corrected chi connectivity index (χ2v) is 5.16. The molecule has 1 N–H and O–H groups in total. The number of aliphatic hydroxyl groups is 1. The Labute approximate surface area is 104 Å². The van der Waals surface area contributed by atoms with E-state index in [9.17, 15) is 5.11 Å². The second kappa shape index (κ2) is 5.65. The van der Waals surface area contributed by atoms with Crippen LogP contribution in [0.25, 0.3) is 0 Å².